The molecule has 0 saturated heterocycles. The zero-order valence-electron chi connectivity index (χ0n) is 7.25. The molecule has 5 nitrogen and oxygen atoms in total. The summed E-state index contributed by atoms with van der Waals surface area (Å²) in [6.07, 6.45) is 0.265. The second kappa shape index (κ2) is 5.54. The van der Waals surface area contributed by atoms with Crippen LogP contribution in [0.15, 0.2) is 0 Å². The Hall–Kier alpha value is -1.10. The molecular formula is C7H15N3O2. The van der Waals surface area contributed by atoms with Crippen molar-refractivity contribution >= 4 is 11.8 Å². The van der Waals surface area contributed by atoms with E-state index >= 15 is 0 Å². The van der Waals surface area contributed by atoms with Gasteiger partial charge in [0.15, 0.2) is 0 Å². The molecule has 0 aliphatic heterocycles. The fourth-order valence-electron chi connectivity index (χ4n) is 0.838. The number of hydrogen-bond acceptors (Lipinski definition) is 3. The first kappa shape index (κ1) is 10.9. The fraction of sp³-hybridized carbons (Fsp3) is 0.714. The summed E-state index contributed by atoms with van der Waals surface area (Å²) in [5, 5.41) is 0. The normalized spacial score (nSPS) is 10.2. The SMILES string of the molecule is CCN(CCC(N)=O)CC(N)=O. The fourth-order valence-corrected chi connectivity index (χ4v) is 0.838. The van der Waals surface area contributed by atoms with E-state index in [1.54, 1.807) is 4.90 Å². The van der Waals surface area contributed by atoms with Crippen molar-refractivity contribution in [2.24, 2.45) is 11.5 Å². The smallest absolute Gasteiger partial charge is 0.231 e. The maximum atomic E-state index is 10.5. The zero-order valence-corrected chi connectivity index (χ0v) is 7.25. The van der Waals surface area contributed by atoms with E-state index in [1.807, 2.05) is 6.92 Å². The average molecular weight is 173 g/mol. The number of rotatable bonds is 6. The Morgan fingerprint density at radius 1 is 1.25 bits per heavy atom. The van der Waals surface area contributed by atoms with Crippen LogP contribution >= 0.6 is 0 Å². The van der Waals surface area contributed by atoms with E-state index in [9.17, 15) is 9.59 Å². The molecule has 0 heterocycles. The molecule has 0 aliphatic rings. The summed E-state index contributed by atoms with van der Waals surface area (Å²) >= 11 is 0. The van der Waals surface area contributed by atoms with E-state index in [-0.39, 0.29) is 24.8 Å². The second-order valence-corrected chi connectivity index (χ2v) is 2.55. The van der Waals surface area contributed by atoms with E-state index < -0.39 is 0 Å². The molecule has 2 amide bonds. The first-order valence-electron chi connectivity index (χ1n) is 3.85. The minimum atomic E-state index is -0.388. The van der Waals surface area contributed by atoms with Gasteiger partial charge >= 0.3 is 0 Å². The molecule has 4 N–H and O–H groups in total. The summed E-state index contributed by atoms with van der Waals surface area (Å²) < 4.78 is 0. The third-order valence-corrected chi connectivity index (χ3v) is 1.50. The highest BCUT2D eigenvalue weighted by Crippen LogP contribution is 1.89. The molecule has 0 radical (unpaired) electrons. The van der Waals surface area contributed by atoms with Gasteiger partial charge < -0.3 is 11.5 Å². The molecule has 0 aromatic carbocycles. The Bertz CT molecular complexity index is 170. The summed E-state index contributed by atoms with van der Waals surface area (Å²) in [7, 11) is 0. The van der Waals surface area contributed by atoms with Crippen molar-refractivity contribution in [2.75, 3.05) is 19.6 Å². The van der Waals surface area contributed by atoms with Gasteiger partial charge in [-0.25, -0.2) is 0 Å². The minimum absolute atomic E-state index is 0.184. The highest BCUT2D eigenvalue weighted by atomic mass is 16.1. The number of carbonyl (C=O) groups is 2. The van der Waals surface area contributed by atoms with Crippen LogP contribution in [0.3, 0.4) is 0 Å². The Morgan fingerprint density at radius 3 is 2.17 bits per heavy atom. The second-order valence-electron chi connectivity index (χ2n) is 2.55. The van der Waals surface area contributed by atoms with Gasteiger partial charge in [-0.15, -0.1) is 0 Å². The van der Waals surface area contributed by atoms with E-state index in [0.717, 1.165) is 0 Å². The Kier molecular flexibility index (Phi) is 5.03. The lowest BCUT2D eigenvalue weighted by atomic mass is 10.3. The van der Waals surface area contributed by atoms with Crippen molar-refractivity contribution in [3.8, 4) is 0 Å². The minimum Gasteiger partial charge on any atom is -0.370 e. The van der Waals surface area contributed by atoms with Gasteiger partial charge in [-0.1, -0.05) is 6.92 Å². The van der Waals surface area contributed by atoms with Gasteiger partial charge in [0.2, 0.25) is 11.8 Å². The van der Waals surface area contributed by atoms with Gasteiger partial charge in [0, 0.05) is 13.0 Å². The van der Waals surface area contributed by atoms with Gasteiger partial charge in [-0.2, -0.15) is 0 Å². The van der Waals surface area contributed by atoms with E-state index in [2.05, 4.69) is 0 Å². The van der Waals surface area contributed by atoms with Crippen LogP contribution in [0.4, 0.5) is 0 Å². The van der Waals surface area contributed by atoms with Crippen LogP contribution in [0.1, 0.15) is 13.3 Å². The third kappa shape index (κ3) is 5.67. The largest absolute Gasteiger partial charge is 0.370 e. The van der Waals surface area contributed by atoms with Gasteiger partial charge in [0.25, 0.3) is 0 Å². The van der Waals surface area contributed by atoms with E-state index in [4.69, 9.17) is 11.5 Å². The van der Waals surface area contributed by atoms with Crippen molar-refractivity contribution in [3.63, 3.8) is 0 Å². The highest BCUT2D eigenvalue weighted by Gasteiger charge is 2.06. The quantitative estimate of drug-likeness (QED) is 0.521. The predicted molar refractivity (Wildman–Crippen MR) is 45.1 cm³/mol. The molecule has 70 valence electrons. The summed E-state index contributed by atoms with van der Waals surface area (Å²) in [6.45, 7) is 3.26. The highest BCUT2D eigenvalue weighted by molar-refractivity contribution is 5.76. The Balaban J connectivity index is 3.67. The molecule has 0 saturated carbocycles. The molecular weight excluding hydrogens is 158 g/mol. The van der Waals surface area contributed by atoms with Crippen LogP contribution in [0, 0.1) is 0 Å². The number of amides is 2. The molecule has 0 spiro atoms. The Morgan fingerprint density at radius 2 is 1.83 bits per heavy atom. The van der Waals surface area contributed by atoms with Crippen molar-refractivity contribution in [1.29, 1.82) is 0 Å². The maximum absolute atomic E-state index is 10.5. The van der Waals surface area contributed by atoms with Crippen LogP contribution in [0.25, 0.3) is 0 Å². The molecule has 0 aromatic heterocycles. The van der Waals surface area contributed by atoms with Crippen molar-refractivity contribution in [2.45, 2.75) is 13.3 Å². The van der Waals surface area contributed by atoms with Gasteiger partial charge in [0.1, 0.15) is 0 Å². The first-order chi connectivity index (χ1) is 5.56. The van der Waals surface area contributed by atoms with E-state index in [1.165, 1.54) is 0 Å². The number of primary amides is 2. The predicted octanol–water partition coefficient (Wildman–Crippen LogP) is -1.33. The lowest BCUT2D eigenvalue weighted by Crippen LogP contribution is -2.35. The molecule has 5 heteroatoms. The van der Waals surface area contributed by atoms with Crippen LogP contribution < -0.4 is 11.5 Å². The van der Waals surface area contributed by atoms with Crippen molar-refractivity contribution in [3.05, 3.63) is 0 Å². The van der Waals surface area contributed by atoms with Crippen LogP contribution in [-0.4, -0.2) is 36.3 Å². The molecule has 0 aliphatic carbocycles. The summed E-state index contributed by atoms with van der Waals surface area (Å²) in [6, 6.07) is 0. The lowest BCUT2D eigenvalue weighted by molar-refractivity contribution is -0.121. The number of carbonyl (C=O) groups excluding carboxylic acids is 2. The van der Waals surface area contributed by atoms with Crippen LogP contribution in [0.2, 0.25) is 0 Å². The molecule has 0 atom stereocenters. The number of nitrogens with zero attached hydrogens (tertiary/aromatic N) is 1. The standard InChI is InChI=1S/C7H15N3O2/c1-2-10(5-7(9)12)4-3-6(8)11/h2-5H2,1H3,(H2,8,11)(H2,9,12). The van der Waals surface area contributed by atoms with Crippen molar-refractivity contribution in [1.82, 2.24) is 4.90 Å². The first-order valence-corrected chi connectivity index (χ1v) is 3.85. The zero-order chi connectivity index (χ0) is 9.56. The average Bonchev–Trinajstić information content (AvgIpc) is 1.97. The van der Waals surface area contributed by atoms with Gasteiger partial charge in [0.05, 0.1) is 6.54 Å². The molecule has 0 rings (SSSR count). The molecule has 0 fully saturated rings. The lowest BCUT2D eigenvalue weighted by Gasteiger charge is -2.16. The third-order valence-electron chi connectivity index (χ3n) is 1.50. The summed E-state index contributed by atoms with van der Waals surface area (Å²) in [5.41, 5.74) is 9.92. The van der Waals surface area contributed by atoms with Crippen LogP contribution in [0.5, 0.6) is 0 Å². The summed E-state index contributed by atoms with van der Waals surface area (Å²) in [5.74, 6) is -0.751. The van der Waals surface area contributed by atoms with Gasteiger partial charge in [-0.3, -0.25) is 14.5 Å². The van der Waals surface area contributed by atoms with Gasteiger partial charge in [-0.05, 0) is 6.54 Å². The monoisotopic (exact) mass is 173 g/mol. The maximum Gasteiger partial charge on any atom is 0.231 e. The summed E-state index contributed by atoms with van der Waals surface area (Å²) in [4.78, 5) is 22.6. The van der Waals surface area contributed by atoms with Crippen molar-refractivity contribution < 1.29 is 9.59 Å². The van der Waals surface area contributed by atoms with Crippen LogP contribution in [-0.2, 0) is 9.59 Å². The molecule has 0 unspecified atom stereocenters. The topological polar surface area (TPSA) is 89.4 Å². The number of nitrogens with two attached hydrogens (primary N) is 2. The molecule has 12 heavy (non-hydrogen) atoms. The molecule has 0 aromatic rings. The number of hydrogen-bond donors (Lipinski definition) is 2. The Labute approximate surface area is 71.7 Å². The molecule has 0 bridgehead atoms. The van der Waals surface area contributed by atoms with E-state index in [0.29, 0.717) is 13.1 Å². The number of likely N-dealkylation sites (N-methyl/N-ethyl adjacent to an activating group) is 1.